The molecule has 0 aromatic rings. The average Bonchev–Trinajstić information content (AvgIpc) is 2.69. The summed E-state index contributed by atoms with van der Waals surface area (Å²) in [5, 5.41) is 9.95. The van der Waals surface area contributed by atoms with Crippen LogP contribution in [0.5, 0.6) is 0 Å². The van der Waals surface area contributed by atoms with Crippen LogP contribution in [0.15, 0.2) is 0 Å². The largest absolute Gasteiger partial charge is 0.393 e. The molecule has 0 spiro atoms. The summed E-state index contributed by atoms with van der Waals surface area (Å²) in [6, 6.07) is 0. The average molecular weight is 241 g/mol. The number of nitrogens with zero attached hydrogens (tertiary/aromatic N) is 1. The summed E-state index contributed by atoms with van der Waals surface area (Å²) in [6.45, 7) is 11.8. The highest BCUT2D eigenvalue weighted by Gasteiger charge is 2.34. The van der Waals surface area contributed by atoms with Crippen molar-refractivity contribution in [2.24, 2.45) is 17.3 Å². The van der Waals surface area contributed by atoms with Crippen LogP contribution in [-0.2, 0) is 4.74 Å². The number of aliphatic hydroxyl groups is 1. The van der Waals surface area contributed by atoms with Gasteiger partial charge in [0.2, 0.25) is 0 Å². The van der Waals surface area contributed by atoms with Crippen LogP contribution in [0.2, 0.25) is 0 Å². The molecule has 0 saturated carbocycles. The van der Waals surface area contributed by atoms with Crippen molar-refractivity contribution in [1.29, 1.82) is 0 Å². The van der Waals surface area contributed by atoms with Gasteiger partial charge in [-0.3, -0.25) is 0 Å². The summed E-state index contributed by atoms with van der Waals surface area (Å²) in [5.74, 6) is 1.12. The first kappa shape index (κ1) is 13.3. The Kier molecular flexibility index (Phi) is 4.11. The molecular formula is C14H27NO2. The Labute approximate surface area is 105 Å². The Hall–Kier alpha value is -0.120. The van der Waals surface area contributed by atoms with E-state index in [1.807, 2.05) is 0 Å². The van der Waals surface area contributed by atoms with Crippen LogP contribution in [0.3, 0.4) is 0 Å². The highest BCUT2D eigenvalue weighted by atomic mass is 16.5. The Bertz CT molecular complexity index is 249. The van der Waals surface area contributed by atoms with Gasteiger partial charge in [0, 0.05) is 25.6 Å². The van der Waals surface area contributed by atoms with E-state index in [9.17, 15) is 5.11 Å². The van der Waals surface area contributed by atoms with Crippen LogP contribution < -0.4 is 0 Å². The molecule has 2 aliphatic heterocycles. The lowest BCUT2D eigenvalue weighted by atomic mass is 9.80. The standard InChI is InChI=1S/C14H27NO2/c1-14(2,3)12-4-6-15(9-12)8-11-10-17-7-5-13(11)16/h11-13,16H,4-10H2,1-3H3. The Balaban J connectivity index is 1.81. The van der Waals surface area contributed by atoms with Crippen molar-refractivity contribution < 1.29 is 9.84 Å². The van der Waals surface area contributed by atoms with Gasteiger partial charge < -0.3 is 14.7 Å². The lowest BCUT2D eigenvalue weighted by Crippen LogP contribution is -2.40. The zero-order chi connectivity index (χ0) is 12.5. The van der Waals surface area contributed by atoms with Gasteiger partial charge in [-0.1, -0.05) is 20.8 Å². The number of rotatable bonds is 2. The Morgan fingerprint density at radius 3 is 2.65 bits per heavy atom. The minimum Gasteiger partial charge on any atom is -0.393 e. The molecule has 0 aliphatic carbocycles. The fourth-order valence-electron chi connectivity index (χ4n) is 3.00. The first-order chi connectivity index (χ1) is 7.97. The zero-order valence-electron chi connectivity index (χ0n) is 11.5. The molecule has 17 heavy (non-hydrogen) atoms. The lowest BCUT2D eigenvalue weighted by Gasteiger charge is -2.32. The maximum Gasteiger partial charge on any atom is 0.0624 e. The highest BCUT2D eigenvalue weighted by molar-refractivity contribution is 4.86. The molecule has 0 radical (unpaired) electrons. The van der Waals surface area contributed by atoms with Crippen molar-refractivity contribution in [2.75, 3.05) is 32.8 Å². The topological polar surface area (TPSA) is 32.7 Å². The van der Waals surface area contributed by atoms with Gasteiger partial charge in [-0.05, 0) is 30.7 Å². The number of aliphatic hydroxyl groups excluding tert-OH is 1. The molecule has 100 valence electrons. The molecule has 1 N–H and O–H groups in total. The number of ether oxygens (including phenoxy) is 1. The van der Waals surface area contributed by atoms with Gasteiger partial charge in [-0.25, -0.2) is 0 Å². The third-order valence-corrected chi connectivity index (χ3v) is 4.42. The molecule has 2 saturated heterocycles. The Morgan fingerprint density at radius 1 is 1.29 bits per heavy atom. The van der Waals surface area contributed by atoms with Crippen molar-refractivity contribution >= 4 is 0 Å². The normalized spacial score (nSPS) is 36.4. The molecule has 3 unspecified atom stereocenters. The smallest absolute Gasteiger partial charge is 0.0624 e. The van der Waals surface area contributed by atoms with Gasteiger partial charge in [0.05, 0.1) is 12.7 Å². The SMILES string of the molecule is CC(C)(C)C1CCN(CC2COCCC2O)C1. The van der Waals surface area contributed by atoms with E-state index in [0.717, 1.165) is 32.1 Å². The maximum absolute atomic E-state index is 9.95. The minimum atomic E-state index is -0.155. The molecule has 0 aromatic heterocycles. The van der Waals surface area contributed by atoms with Crippen LogP contribution in [0.25, 0.3) is 0 Å². The predicted octanol–water partition coefficient (Wildman–Crippen LogP) is 1.75. The predicted molar refractivity (Wildman–Crippen MR) is 68.9 cm³/mol. The zero-order valence-corrected chi connectivity index (χ0v) is 11.5. The summed E-state index contributed by atoms with van der Waals surface area (Å²) < 4.78 is 5.47. The van der Waals surface area contributed by atoms with Crippen LogP contribution >= 0.6 is 0 Å². The summed E-state index contributed by atoms with van der Waals surface area (Å²) in [5.41, 5.74) is 0.413. The molecule has 2 rings (SSSR count). The molecule has 0 bridgehead atoms. The van der Waals surface area contributed by atoms with Gasteiger partial charge in [-0.2, -0.15) is 0 Å². The van der Waals surface area contributed by atoms with Gasteiger partial charge in [0.15, 0.2) is 0 Å². The van der Waals surface area contributed by atoms with E-state index in [0.29, 0.717) is 11.3 Å². The monoisotopic (exact) mass is 241 g/mol. The van der Waals surface area contributed by atoms with Gasteiger partial charge in [0.25, 0.3) is 0 Å². The van der Waals surface area contributed by atoms with Crippen molar-refractivity contribution in [3.63, 3.8) is 0 Å². The molecular weight excluding hydrogens is 214 g/mol. The molecule has 2 aliphatic rings. The van der Waals surface area contributed by atoms with Crippen LogP contribution in [0, 0.1) is 17.3 Å². The van der Waals surface area contributed by atoms with Crippen molar-refractivity contribution in [1.82, 2.24) is 4.90 Å². The van der Waals surface area contributed by atoms with Crippen LogP contribution in [0.4, 0.5) is 0 Å². The second-order valence-electron chi connectivity index (χ2n) is 6.80. The van der Waals surface area contributed by atoms with E-state index < -0.39 is 0 Å². The van der Waals surface area contributed by atoms with Crippen molar-refractivity contribution in [3.05, 3.63) is 0 Å². The van der Waals surface area contributed by atoms with Gasteiger partial charge >= 0.3 is 0 Å². The molecule has 0 aromatic carbocycles. The molecule has 3 atom stereocenters. The second-order valence-corrected chi connectivity index (χ2v) is 6.80. The third-order valence-electron chi connectivity index (χ3n) is 4.42. The summed E-state index contributed by atoms with van der Waals surface area (Å²) >= 11 is 0. The summed E-state index contributed by atoms with van der Waals surface area (Å²) in [7, 11) is 0. The van der Waals surface area contributed by atoms with Gasteiger partial charge in [0.1, 0.15) is 0 Å². The molecule has 2 fully saturated rings. The number of hydrogen-bond acceptors (Lipinski definition) is 3. The van der Waals surface area contributed by atoms with Crippen molar-refractivity contribution in [3.8, 4) is 0 Å². The molecule has 0 amide bonds. The quantitative estimate of drug-likeness (QED) is 0.799. The number of likely N-dealkylation sites (tertiary alicyclic amines) is 1. The third kappa shape index (κ3) is 3.43. The van der Waals surface area contributed by atoms with Gasteiger partial charge in [-0.15, -0.1) is 0 Å². The first-order valence-corrected chi connectivity index (χ1v) is 6.95. The van der Waals surface area contributed by atoms with E-state index in [2.05, 4.69) is 25.7 Å². The highest BCUT2D eigenvalue weighted by Crippen LogP contribution is 2.34. The molecule has 2 heterocycles. The van der Waals surface area contributed by atoms with E-state index in [1.54, 1.807) is 0 Å². The fourth-order valence-corrected chi connectivity index (χ4v) is 3.00. The summed E-state index contributed by atoms with van der Waals surface area (Å²) in [4.78, 5) is 2.51. The van der Waals surface area contributed by atoms with Crippen molar-refractivity contribution in [2.45, 2.75) is 39.7 Å². The van der Waals surface area contributed by atoms with E-state index in [4.69, 9.17) is 4.74 Å². The molecule has 3 heteroatoms. The lowest BCUT2D eigenvalue weighted by molar-refractivity contribution is -0.0452. The second kappa shape index (κ2) is 5.25. The first-order valence-electron chi connectivity index (χ1n) is 6.95. The van der Waals surface area contributed by atoms with E-state index in [1.165, 1.54) is 19.5 Å². The van der Waals surface area contributed by atoms with E-state index in [-0.39, 0.29) is 6.10 Å². The van der Waals surface area contributed by atoms with Crippen LogP contribution in [-0.4, -0.2) is 49.0 Å². The number of hydrogen-bond donors (Lipinski definition) is 1. The fraction of sp³-hybridized carbons (Fsp3) is 1.00. The molecule has 3 nitrogen and oxygen atoms in total. The Morgan fingerprint density at radius 2 is 2.06 bits per heavy atom. The van der Waals surface area contributed by atoms with E-state index >= 15 is 0 Å². The van der Waals surface area contributed by atoms with Crippen LogP contribution in [0.1, 0.15) is 33.6 Å². The maximum atomic E-state index is 9.95. The minimum absolute atomic E-state index is 0.155. The summed E-state index contributed by atoms with van der Waals surface area (Å²) in [6.07, 6.45) is 1.95.